The van der Waals surface area contributed by atoms with Crippen molar-refractivity contribution in [3.8, 4) is 0 Å². The fraction of sp³-hybridized carbons (Fsp3) is 0.650. The molecular weight excluding hydrogens is 344 g/mol. The molecule has 1 aromatic rings. The van der Waals surface area contributed by atoms with Crippen LogP contribution in [0.4, 0.5) is 5.69 Å². The summed E-state index contributed by atoms with van der Waals surface area (Å²) in [7, 11) is 2.27. The van der Waals surface area contributed by atoms with E-state index in [1.54, 1.807) is 0 Å². The fourth-order valence-corrected chi connectivity index (χ4v) is 3.96. The molecule has 0 radical (unpaired) electrons. The lowest BCUT2D eigenvalue weighted by atomic mass is 10.0. The maximum absolute atomic E-state index is 5.61. The van der Waals surface area contributed by atoms with Crippen LogP contribution >= 0.6 is 12.2 Å². The van der Waals surface area contributed by atoms with E-state index >= 15 is 0 Å². The van der Waals surface area contributed by atoms with Gasteiger partial charge in [-0.25, -0.2) is 0 Å². The predicted molar refractivity (Wildman–Crippen MR) is 112 cm³/mol. The Morgan fingerprint density at radius 2 is 1.81 bits per heavy atom. The van der Waals surface area contributed by atoms with E-state index in [2.05, 4.69) is 58.3 Å². The van der Waals surface area contributed by atoms with Crippen molar-refractivity contribution in [1.29, 1.82) is 0 Å². The summed E-state index contributed by atoms with van der Waals surface area (Å²) in [4.78, 5) is 7.35. The molecule has 2 heterocycles. The third-order valence-electron chi connectivity index (χ3n) is 5.55. The summed E-state index contributed by atoms with van der Waals surface area (Å²) in [6.07, 6.45) is 2.35. The molecule has 5 nitrogen and oxygen atoms in total. The Morgan fingerprint density at radius 3 is 2.46 bits per heavy atom. The molecule has 0 saturated carbocycles. The average Bonchev–Trinajstić information content (AvgIpc) is 2.69. The van der Waals surface area contributed by atoms with Gasteiger partial charge >= 0.3 is 0 Å². The van der Waals surface area contributed by atoms with Gasteiger partial charge in [-0.1, -0.05) is 17.7 Å². The van der Waals surface area contributed by atoms with Crippen molar-refractivity contribution < 1.29 is 4.74 Å². The van der Waals surface area contributed by atoms with Crippen LogP contribution in [0.25, 0.3) is 0 Å². The van der Waals surface area contributed by atoms with Crippen LogP contribution in [-0.2, 0) is 4.74 Å². The molecule has 2 aliphatic rings. The summed E-state index contributed by atoms with van der Waals surface area (Å²) < 4.78 is 5.43. The standard InChI is InChI=1S/C20H32N4OS/c1-17-3-5-18(6-4-17)21-20(26)24-9-7-19(8-10-24)22(2)11-12-23-13-15-25-16-14-23/h3-6,19H,7-16H2,1-2H3,(H,21,26). The lowest BCUT2D eigenvalue weighted by molar-refractivity contribution is 0.0311. The summed E-state index contributed by atoms with van der Waals surface area (Å²) in [5, 5.41) is 4.23. The van der Waals surface area contributed by atoms with Gasteiger partial charge in [0.25, 0.3) is 0 Å². The molecule has 1 N–H and O–H groups in total. The first-order valence-corrected chi connectivity index (χ1v) is 10.2. The zero-order valence-corrected chi connectivity index (χ0v) is 16.9. The number of nitrogens with one attached hydrogen (secondary N) is 1. The van der Waals surface area contributed by atoms with Crippen molar-refractivity contribution >= 4 is 23.0 Å². The first-order valence-electron chi connectivity index (χ1n) is 9.75. The zero-order valence-electron chi connectivity index (χ0n) is 16.1. The van der Waals surface area contributed by atoms with Crippen LogP contribution < -0.4 is 5.32 Å². The summed E-state index contributed by atoms with van der Waals surface area (Å²) in [6, 6.07) is 9.07. The van der Waals surface area contributed by atoms with Crippen LogP contribution in [0, 0.1) is 6.92 Å². The molecule has 3 rings (SSSR count). The van der Waals surface area contributed by atoms with Gasteiger partial charge in [-0.2, -0.15) is 0 Å². The van der Waals surface area contributed by atoms with Gasteiger partial charge in [0.2, 0.25) is 0 Å². The molecule has 0 spiro atoms. The third kappa shape index (κ3) is 5.64. The van der Waals surface area contributed by atoms with Gasteiger partial charge in [0.1, 0.15) is 0 Å². The molecule has 1 aromatic carbocycles. The molecule has 26 heavy (non-hydrogen) atoms. The van der Waals surface area contributed by atoms with Crippen LogP contribution in [-0.4, -0.2) is 85.4 Å². The van der Waals surface area contributed by atoms with Gasteiger partial charge in [-0.3, -0.25) is 4.90 Å². The minimum absolute atomic E-state index is 0.662. The number of piperidine rings is 1. The van der Waals surface area contributed by atoms with Crippen LogP contribution in [0.2, 0.25) is 0 Å². The Kier molecular flexibility index (Phi) is 7.25. The van der Waals surface area contributed by atoms with Gasteiger partial charge in [-0.15, -0.1) is 0 Å². The van der Waals surface area contributed by atoms with E-state index in [0.717, 1.165) is 63.3 Å². The first-order chi connectivity index (χ1) is 12.6. The van der Waals surface area contributed by atoms with Gasteiger partial charge < -0.3 is 19.9 Å². The third-order valence-corrected chi connectivity index (χ3v) is 5.91. The van der Waals surface area contributed by atoms with Crippen molar-refractivity contribution in [1.82, 2.24) is 14.7 Å². The van der Waals surface area contributed by atoms with E-state index in [9.17, 15) is 0 Å². The van der Waals surface area contributed by atoms with Crippen molar-refractivity contribution in [2.75, 3.05) is 64.8 Å². The first kappa shape index (κ1) is 19.5. The van der Waals surface area contributed by atoms with Crippen molar-refractivity contribution in [2.45, 2.75) is 25.8 Å². The Hall–Kier alpha value is -1.21. The number of benzene rings is 1. The number of aryl methyl sites for hydroxylation is 1. The summed E-state index contributed by atoms with van der Waals surface area (Å²) in [5.41, 5.74) is 2.34. The van der Waals surface area contributed by atoms with E-state index in [1.807, 2.05) is 0 Å². The number of nitrogens with zero attached hydrogens (tertiary/aromatic N) is 3. The number of hydrogen-bond donors (Lipinski definition) is 1. The smallest absolute Gasteiger partial charge is 0.173 e. The Labute approximate surface area is 163 Å². The largest absolute Gasteiger partial charge is 0.379 e. The Balaban J connectivity index is 1.38. The SMILES string of the molecule is Cc1ccc(NC(=S)N2CCC(N(C)CCN3CCOCC3)CC2)cc1. The van der Waals surface area contributed by atoms with E-state index in [-0.39, 0.29) is 0 Å². The van der Waals surface area contributed by atoms with E-state index < -0.39 is 0 Å². The quantitative estimate of drug-likeness (QED) is 0.795. The number of anilines is 1. The number of thiocarbonyl (C=S) groups is 1. The Morgan fingerprint density at radius 1 is 1.15 bits per heavy atom. The molecule has 0 aromatic heterocycles. The van der Waals surface area contributed by atoms with Gasteiger partial charge in [-0.05, 0) is 51.2 Å². The van der Waals surface area contributed by atoms with Crippen LogP contribution in [0.1, 0.15) is 18.4 Å². The van der Waals surface area contributed by atoms with Crippen LogP contribution in [0.15, 0.2) is 24.3 Å². The Bertz CT molecular complexity index is 566. The molecule has 0 atom stereocenters. The highest BCUT2D eigenvalue weighted by molar-refractivity contribution is 7.80. The molecule has 2 fully saturated rings. The minimum atomic E-state index is 0.662. The number of rotatable bonds is 5. The maximum atomic E-state index is 5.61. The number of likely N-dealkylation sites (N-methyl/N-ethyl adjacent to an activating group) is 1. The van der Waals surface area contributed by atoms with E-state index in [1.165, 1.54) is 18.4 Å². The average molecular weight is 377 g/mol. The number of morpholine rings is 1. The lowest BCUT2D eigenvalue weighted by Gasteiger charge is -2.38. The highest BCUT2D eigenvalue weighted by Gasteiger charge is 2.24. The topological polar surface area (TPSA) is 31.0 Å². The molecule has 0 unspecified atom stereocenters. The van der Waals surface area contributed by atoms with Gasteiger partial charge in [0, 0.05) is 51.0 Å². The fourth-order valence-electron chi connectivity index (χ4n) is 3.66. The van der Waals surface area contributed by atoms with E-state index in [4.69, 9.17) is 17.0 Å². The highest BCUT2D eigenvalue weighted by Crippen LogP contribution is 2.17. The summed E-state index contributed by atoms with van der Waals surface area (Å²) in [5.74, 6) is 0. The summed E-state index contributed by atoms with van der Waals surface area (Å²) >= 11 is 5.61. The van der Waals surface area contributed by atoms with Gasteiger partial charge in [0.15, 0.2) is 5.11 Å². The molecule has 6 heteroatoms. The van der Waals surface area contributed by atoms with Gasteiger partial charge in [0.05, 0.1) is 13.2 Å². The van der Waals surface area contributed by atoms with Crippen molar-refractivity contribution in [3.05, 3.63) is 29.8 Å². The van der Waals surface area contributed by atoms with Crippen molar-refractivity contribution in [3.63, 3.8) is 0 Å². The molecule has 144 valence electrons. The second-order valence-corrected chi connectivity index (χ2v) is 7.84. The normalized spacial score (nSPS) is 19.7. The van der Waals surface area contributed by atoms with Crippen LogP contribution in [0.5, 0.6) is 0 Å². The molecule has 0 aliphatic carbocycles. The lowest BCUT2D eigenvalue weighted by Crippen LogP contribution is -2.48. The highest BCUT2D eigenvalue weighted by atomic mass is 32.1. The monoisotopic (exact) mass is 376 g/mol. The molecule has 0 bridgehead atoms. The molecule has 2 aliphatic heterocycles. The van der Waals surface area contributed by atoms with Crippen molar-refractivity contribution in [2.24, 2.45) is 0 Å². The molecular formula is C20H32N4OS. The minimum Gasteiger partial charge on any atom is -0.379 e. The predicted octanol–water partition coefficient (Wildman–Crippen LogP) is 2.42. The number of hydrogen-bond acceptors (Lipinski definition) is 4. The maximum Gasteiger partial charge on any atom is 0.173 e. The second kappa shape index (κ2) is 9.65. The second-order valence-electron chi connectivity index (χ2n) is 7.45. The number of likely N-dealkylation sites (tertiary alicyclic amines) is 1. The number of ether oxygens (including phenoxy) is 1. The zero-order chi connectivity index (χ0) is 18.4. The van der Waals surface area contributed by atoms with Crippen LogP contribution in [0.3, 0.4) is 0 Å². The molecule has 0 amide bonds. The molecule has 2 saturated heterocycles. The van der Waals surface area contributed by atoms with E-state index in [0.29, 0.717) is 6.04 Å². The summed E-state index contributed by atoms with van der Waals surface area (Å²) in [6.45, 7) is 10.4.